The molecule has 156 valence electrons. The van der Waals surface area contributed by atoms with Crippen LogP contribution < -0.4 is 10.1 Å². The fraction of sp³-hybridized carbons (Fsp3) is 0.458. The minimum absolute atomic E-state index is 0.130. The van der Waals surface area contributed by atoms with Gasteiger partial charge in [-0.1, -0.05) is 44.2 Å². The van der Waals surface area contributed by atoms with Gasteiger partial charge >= 0.3 is 0 Å². The maximum absolute atomic E-state index is 13.7. The van der Waals surface area contributed by atoms with Gasteiger partial charge in [0.2, 0.25) is 5.91 Å². The molecule has 5 heteroatoms. The van der Waals surface area contributed by atoms with Crippen LogP contribution in [0.2, 0.25) is 0 Å². The zero-order valence-corrected chi connectivity index (χ0v) is 17.6. The van der Waals surface area contributed by atoms with E-state index >= 15 is 0 Å². The molecule has 0 unspecified atom stereocenters. The third-order valence-corrected chi connectivity index (χ3v) is 5.44. The van der Waals surface area contributed by atoms with E-state index in [4.69, 9.17) is 4.74 Å². The molecule has 1 N–H and O–H groups in total. The first-order valence-electron chi connectivity index (χ1n) is 10.3. The third-order valence-electron chi connectivity index (χ3n) is 5.44. The van der Waals surface area contributed by atoms with Gasteiger partial charge in [-0.05, 0) is 47.1 Å². The fourth-order valence-corrected chi connectivity index (χ4v) is 4.21. The molecule has 0 aromatic heterocycles. The first kappa shape index (κ1) is 21.3. The molecular weight excluding hydrogens is 367 g/mol. The summed E-state index contributed by atoms with van der Waals surface area (Å²) < 4.78 is 18.6. The normalized spacial score (nSPS) is 19.7. The highest BCUT2D eigenvalue weighted by Gasteiger charge is 2.21. The fourth-order valence-electron chi connectivity index (χ4n) is 4.21. The lowest BCUT2D eigenvalue weighted by Crippen LogP contribution is -2.38. The molecule has 1 heterocycles. The quantitative estimate of drug-likeness (QED) is 0.761. The molecular formula is C24H31FN2O2. The van der Waals surface area contributed by atoms with Crippen LogP contribution in [0.15, 0.2) is 42.5 Å². The molecule has 0 aliphatic carbocycles. The standard InChI is InChI=1S/C24H31FN2O2/c1-17-10-18(2)15-27(14-17)16-20-6-4-19(5-7-20)13-26-24(28)12-21-8-9-23(29-3)22(25)11-21/h4-9,11,17-18H,10,12-16H2,1-3H3,(H,26,28)/t17-,18-/m1/s1. The molecule has 1 aliphatic heterocycles. The van der Waals surface area contributed by atoms with Gasteiger partial charge in [-0.15, -0.1) is 0 Å². The number of carbonyl (C=O) groups is 1. The van der Waals surface area contributed by atoms with Gasteiger partial charge in [0.15, 0.2) is 11.6 Å². The number of hydrogen-bond acceptors (Lipinski definition) is 3. The van der Waals surface area contributed by atoms with Crippen LogP contribution in [-0.2, 0) is 24.3 Å². The third kappa shape index (κ3) is 6.29. The summed E-state index contributed by atoms with van der Waals surface area (Å²) in [5.41, 5.74) is 2.99. The number of nitrogens with one attached hydrogen (secondary N) is 1. The number of halogens is 1. The van der Waals surface area contributed by atoms with E-state index in [1.807, 2.05) is 0 Å². The number of nitrogens with zero attached hydrogens (tertiary/aromatic N) is 1. The van der Waals surface area contributed by atoms with Crippen LogP contribution in [-0.4, -0.2) is 31.0 Å². The van der Waals surface area contributed by atoms with E-state index in [0.717, 1.165) is 37.0 Å². The molecule has 2 atom stereocenters. The smallest absolute Gasteiger partial charge is 0.224 e. The molecule has 0 radical (unpaired) electrons. The van der Waals surface area contributed by atoms with Crippen molar-refractivity contribution in [2.24, 2.45) is 11.8 Å². The number of carbonyl (C=O) groups excluding carboxylic acids is 1. The summed E-state index contributed by atoms with van der Waals surface area (Å²) in [6.07, 6.45) is 1.46. The van der Waals surface area contributed by atoms with E-state index in [2.05, 4.69) is 48.3 Å². The van der Waals surface area contributed by atoms with Gasteiger partial charge in [-0.3, -0.25) is 9.69 Å². The van der Waals surface area contributed by atoms with Gasteiger partial charge in [0.05, 0.1) is 13.5 Å². The first-order chi connectivity index (χ1) is 13.9. The van der Waals surface area contributed by atoms with E-state index < -0.39 is 5.82 Å². The Morgan fingerprint density at radius 3 is 2.31 bits per heavy atom. The Morgan fingerprint density at radius 1 is 1.07 bits per heavy atom. The van der Waals surface area contributed by atoms with E-state index in [1.165, 1.54) is 25.2 Å². The summed E-state index contributed by atoms with van der Waals surface area (Å²) in [5, 5.41) is 2.90. The lowest BCUT2D eigenvalue weighted by Gasteiger charge is -2.35. The summed E-state index contributed by atoms with van der Waals surface area (Å²) in [4.78, 5) is 14.7. The second-order valence-electron chi connectivity index (χ2n) is 8.38. The van der Waals surface area contributed by atoms with Gasteiger partial charge in [-0.2, -0.15) is 0 Å². The Morgan fingerprint density at radius 2 is 1.69 bits per heavy atom. The second kappa shape index (κ2) is 9.88. The maximum Gasteiger partial charge on any atom is 0.224 e. The van der Waals surface area contributed by atoms with Gasteiger partial charge in [0.25, 0.3) is 0 Å². The Balaban J connectivity index is 1.47. The zero-order valence-electron chi connectivity index (χ0n) is 17.6. The van der Waals surface area contributed by atoms with Crippen molar-refractivity contribution in [3.8, 4) is 5.75 Å². The Hall–Kier alpha value is -2.40. The average Bonchev–Trinajstić information content (AvgIpc) is 2.67. The van der Waals surface area contributed by atoms with E-state index in [-0.39, 0.29) is 18.1 Å². The monoisotopic (exact) mass is 398 g/mol. The zero-order chi connectivity index (χ0) is 20.8. The molecule has 2 aromatic carbocycles. The van der Waals surface area contributed by atoms with Crippen molar-refractivity contribution >= 4 is 5.91 Å². The summed E-state index contributed by atoms with van der Waals surface area (Å²) in [6, 6.07) is 13.0. The second-order valence-corrected chi connectivity index (χ2v) is 8.38. The van der Waals surface area contributed by atoms with Crippen LogP contribution in [0.4, 0.5) is 4.39 Å². The van der Waals surface area contributed by atoms with Gasteiger partial charge in [-0.25, -0.2) is 4.39 Å². The van der Waals surface area contributed by atoms with Gasteiger partial charge in [0, 0.05) is 26.2 Å². The van der Waals surface area contributed by atoms with Crippen molar-refractivity contribution in [3.63, 3.8) is 0 Å². The van der Waals surface area contributed by atoms with Crippen molar-refractivity contribution in [3.05, 3.63) is 65.0 Å². The Bertz CT molecular complexity index is 812. The molecule has 0 bridgehead atoms. The van der Waals surface area contributed by atoms with Crippen molar-refractivity contribution in [1.82, 2.24) is 10.2 Å². The molecule has 1 saturated heterocycles. The number of amides is 1. The molecule has 0 spiro atoms. The molecule has 0 saturated carbocycles. The Kier molecular flexibility index (Phi) is 7.26. The molecule has 3 rings (SSSR count). The Labute approximate surface area is 173 Å². The topological polar surface area (TPSA) is 41.6 Å². The number of benzene rings is 2. The van der Waals surface area contributed by atoms with Gasteiger partial charge in [0.1, 0.15) is 0 Å². The summed E-state index contributed by atoms with van der Waals surface area (Å²) >= 11 is 0. The van der Waals surface area contributed by atoms with Crippen molar-refractivity contribution in [1.29, 1.82) is 0 Å². The van der Waals surface area contributed by atoms with Crippen LogP contribution in [0.5, 0.6) is 5.75 Å². The molecule has 2 aromatic rings. The lowest BCUT2D eigenvalue weighted by atomic mass is 9.91. The highest BCUT2D eigenvalue weighted by Crippen LogP contribution is 2.22. The summed E-state index contributed by atoms with van der Waals surface area (Å²) in [6.45, 7) is 8.42. The van der Waals surface area contributed by atoms with Crippen molar-refractivity contribution < 1.29 is 13.9 Å². The molecule has 1 fully saturated rings. The average molecular weight is 399 g/mol. The highest BCUT2D eigenvalue weighted by molar-refractivity contribution is 5.78. The van der Waals surface area contributed by atoms with E-state index in [9.17, 15) is 9.18 Å². The van der Waals surface area contributed by atoms with E-state index in [1.54, 1.807) is 12.1 Å². The lowest BCUT2D eigenvalue weighted by molar-refractivity contribution is -0.120. The van der Waals surface area contributed by atoms with Gasteiger partial charge < -0.3 is 10.1 Å². The van der Waals surface area contributed by atoms with Crippen LogP contribution in [0.3, 0.4) is 0 Å². The van der Waals surface area contributed by atoms with Crippen LogP contribution in [0.25, 0.3) is 0 Å². The molecule has 29 heavy (non-hydrogen) atoms. The van der Waals surface area contributed by atoms with E-state index in [0.29, 0.717) is 12.1 Å². The van der Waals surface area contributed by atoms with Crippen molar-refractivity contribution in [2.45, 2.75) is 39.8 Å². The summed E-state index contributed by atoms with van der Waals surface area (Å²) in [7, 11) is 1.42. The van der Waals surface area contributed by atoms with Crippen LogP contribution in [0, 0.1) is 17.7 Å². The van der Waals surface area contributed by atoms with Crippen LogP contribution in [0.1, 0.15) is 37.0 Å². The largest absolute Gasteiger partial charge is 0.494 e. The first-order valence-corrected chi connectivity index (χ1v) is 10.3. The number of piperidine rings is 1. The predicted molar refractivity (Wildman–Crippen MR) is 113 cm³/mol. The maximum atomic E-state index is 13.7. The summed E-state index contributed by atoms with van der Waals surface area (Å²) in [5.74, 6) is 1.11. The van der Waals surface area contributed by atoms with Crippen molar-refractivity contribution in [2.75, 3.05) is 20.2 Å². The number of ether oxygens (including phenoxy) is 1. The van der Waals surface area contributed by atoms with Crippen LogP contribution >= 0.6 is 0 Å². The predicted octanol–water partition coefficient (Wildman–Crippen LogP) is 4.17. The minimum Gasteiger partial charge on any atom is -0.494 e. The SMILES string of the molecule is COc1ccc(CC(=O)NCc2ccc(CN3C[C@H](C)C[C@@H](C)C3)cc2)cc1F. The molecule has 1 aliphatic rings. The number of hydrogen-bond donors (Lipinski definition) is 1. The number of likely N-dealkylation sites (tertiary alicyclic amines) is 1. The number of methoxy groups -OCH3 is 1. The molecule has 4 nitrogen and oxygen atoms in total. The molecule has 1 amide bonds. The number of rotatable bonds is 7. The highest BCUT2D eigenvalue weighted by atomic mass is 19.1. The minimum atomic E-state index is -0.453.